The third kappa shape index (κ3) is 2.47. The highest BCUT2D eigenvalue weighted by Gasteiger charge is 2.44. The molecule has 3 heteroatoms. The Morgan fingerprint density at radius 3 is 2.50 bits per heavy atom. The molecule has 1 aromatic rings. The highest BCUT2D eigenvalue weighted by molar-refractivity contribution is 6.07. The highest BCUT2D eigenvalue weighted by atomic mass is 16.2. The summed E-state index contributed by atoms with van der Waals surface area (Å²) in [6.07, 6.45) is 0. The van der Waals surface area contributed by atoms with Gasteiger partial charge in [-0.05, 0) is 37.9 Å². The Morgan fingerprint density at radius 1 is 1.25 bits per heavy atom. The second kappa shape index (κ2) is 5.57. The molecule has 1 N–H and O–H groups in total. The Hall–Kier alpha value is -1.35. The summed E-state index contributed by atoms with van der Waals surface area (Å²) in [4.78, 5) is 14.7. The second-order valence-electron chi connectivity index (χ2n) is 6.47. The first-order valence-electron chi connectivity index (χ1n) is 7.54. The number of hydrogen-bond donors (Lipinski definition) is 1. The summed E-state index contributed by atoms with van der Waals surface area (Å²) < 4.78 is 0. The van der Waals surface area contributed by atoms with Crippen LogP contribution in [-0.2, 0) is 10.2 Å². The van der Waals surface area contributed by atoms with Gasteiger partial charge >= 0.3 is 0 Å². The fraction of sp³-hybridized carbons (Fsp3) is 0.588. The SMILES string of the molecule is CCNC(CN1C(=O)C(C)(C)c2ccccc21)C(C)C. The fourth-order valence-electron chi connectivity index (χ4n) is 2.95. The summed E-state index contributed by atoms with van der Waals surface area (Å²) in [5, 5.41) is 3.49. The molecule has 2 rings (SSSR count). The summed E-state index contributed by atoms with van der Waals surface area (Å²) in [7, 11) is 0. The summed E-state index contributed by atoms with van der Waals surface area (Å²) in [5.74, 6) is 0.709. The van der Waals surface area contributed by atoms with Crippen LogP contribution < -0.4 is 10.2 Å². The minimum absolute atomic E-state index is 0.210. The van der Waals surface area contributed by atoms with E-state index in [1.165, 1.54) is 0 Å². The Bertz CT molecular complexity index is 494. The molecule has 0 saturated carbocycles. The predicted octanol–water partition coefficient (Wildman–Crippen LogP) is 2.94. The van der Waals surface area contributed by atoms with Crippen LogP contribution in [0.1, 0.15) is 40.2 Å². The lowest BCUT2D eigenvalue weighted by Crippen LogP contribution is -2.47. The van der Waals surface area contributed by atoms with Crippen molar-refractivity contribution in [1.82, 2.24) is 5.32 Å². The van der Waals surface area contributed by atoms with Gasteiger partial charge in [-0.2, -0.15) is 0 Å². The summed E-state index contributed by atoms with van der Waals surface area (Å²) in [5.41, 5.74) is 1.81. The first kappa shape index (κ1) is 15.0. The number of fused-ring (bicyclic) bond motifs is 1. The van der Waals surface area contributed by atoms with Crippen LogP contribution in [-0.4, -0.2) is 25.0 Å². The molecule has 20 heavy (non-hydrogen) atoms. The Balaban J connectivity index is 2.31. The van der Waals surface area contributed by atoms with E-state index < -0.39 is 5.41 Å². The van der Waals surface area contributed by atoms with Gasteiger partial charge in [-0.25, -0.2) is 0 Å². The number of para-hydroxylation sites is 1. The van der Waals surface area contributed by atoms with E-state index in [-0.39, 0.29) is 5.91 Å². The van der Waals surface area contributed by atoms with E-state index in [1.807, 2.05) is 30.9 Å². The molecule has 0 aliphatic carbocycles. The number of nitrogens with one attached hydrogen (secondary N) is 1. The highest BCUT2D eigenvalue weighted by Crippen LogP contribution is 2.41. The standard InChI is InChI=1S/C17H26N2O/c1-6-18-14(12(2)3)11-19-15-10-8-7-9-13(15)17(4,5)16(19)20/h7-10,12,14,18H,6,11H2,1-5H3. The molecule has 110 valence electrons. The van der Waals surface area contributed by atoms with Gasteiger partial charge in [0.1, 0.15) is 0 Å². The zero-order chi connectivity index (χ0) is 14.9. The average Bonchev–Trinajstić information content (AvgIpc) is 2.60. The Kier molecular flexibility index (Phi) is 4.19. The molecule has 1 amide bonds. The molecule has 3 nitrogen and oxygen atoms in total. The minimum Gasteiger partial charge on any atom is -0.312 e. The number of hydrogen-bond acceptors (Lipinski definition) is 2. The first-order chi connectivity index (χ1) is 9.39. The van der Waals surface area contributed by atoms with Crippen molar-refractivity contribution < 1.29 is 4.79 Å². The zero-order valence-electron chi connectivity index (χ0n) is 13.2. The van der Waals surface area contributed by atoms with E-state index in [0.29, 0.717) is 12.0 Å². The second-order valence-corrected chi connectivity index (χ2v) is 6.47. The van der Waals surface area contributed by atoms with Gasteiger partial charge in [0.05, 0.1) is 5.41 Å². The molecule has 1 atom stereocenters. The summed E-state index contributed by atoms with van der Waals surface area (Å²) in [6, 6.07) is 8.49. The van der Waals surface area contributed by atoms with Gasteiger partial charge in [0.25, 0.3) is 0 Å². The quantitative estimate of drug-likeness (QED) is 0.895. The van der Waals surface area contributed by atoms with Crippen LogP contribution in [0.2, 0.25) is 0 Å². The number of carbonyl (C=O) groups excluding carboxylic acids is 1. The van der Waals surface area contributed by atoms with Crippen molar-refractivity contribution in [2.75, 3.05) is 18.0 Å². The zero-order valence-corrected chi connectivity index (χ0v) is 13.2. The third-order valence-electron chi connectivity index (χ3n) is 4.30. The van der Waals surface area contributed by atoms with Gasteiger partial charge in [0.15, 0.2) is 0 Å². The lowest BCUT2D eigenvalue weighted by atomic mass is 9.86. The molecule has 1 unspecified atom stereocenters. The Labute approximate surface area is 122 Å². The van der Waals surface area contributed by atoms with Crippen LogP contribution in [0.25, 0.3) is 0 Å². The van der Waals surface area contributed by atoms with Crippen LogP contribution in [0.4, 0.5) is 5.69 Å². The number of anilines is 1. The number of likely N-dealkylation sites (N-methyl/N-ethyl adjacent to an activating group) is 1. The van der Waals surface area contributed by atoms with Gasteiger partial charge in [-0.1, -0.05) is 39.0 Å². The lowest BCUT2D eigenvalue weighted by Gasteiger charge is -2.28. The van der Waals surface area contributed by atoms with E-state index in [0.717, 1.165) is 24.3 Å². The topological polar surface area (TPSA) is 32.3 Å². The molecule has 1 aliphatic heterocycles. The molecule has 0 aromatic heterocycles. The molecule has 1 aromatic carbocycles. The van der Waals surface area contributed by atoms with Crippen LogP contribution >= 0.6 is 0 Å². The first-order valence-corrected chi connectivity index (χ1v) is 7.54. The number of nitrogens with zero attached hydrogens (tertiary/aromatic N) is 1. The lowest BCUT2D eigenvalue weighted by molar-refractivity contribution is -0.122. The number of carbonyl (C=O) groups is 1. The van der Waals surface area contributed by atoms with Crippen LogP contribution in [0, 0.1) is 5.92 Å². The van der Waals surface area contributed by atoms with Crippen molar-refractivity contribution in [3.8, 4) is 0 Å². The maximum Gasteiger partial charge on any atom is 0.237 e. The van der Waals surface area contributed by atoms with E-state index in [2.05, 4.69) is 38.2 Å². The van der Waals surface area contributed by atoms with Crippen molar-refractivity contribution in [2.24, 2.45) is 5.92 Å². The van der Waals surface area contributed by atoms with Crippen molar-refractivity contribution >= 4 is 11.6 Å². The summed E-state index contributed by atoms with van der Waals surface area (Å²) in [6.45, 7) is 12.2. The molecule has 1 aliphatic rings. The molecule has 0 bridgehead atoms. The number of rotatable bonds is 5. The monoisotopic (exact) mass is 274 g/mol. The fourth-order valence-corrected chi connectivity index (χ4v) is 2.95. The van der Waals surface area contributed by atoms with Gasteiger partial charge in [0, 0.05) is 18.3 Å². The Morgan fingerprint density at radius 2 is 1.90 bits per heavy atom. The molecule has 1 heterocycles. The van der Waals surface area contributed by atoms with E-state index in [4.69, 9.17) is 0 Å². The van der Waals surface area contributed by atoms with Crippen LogP contribution in [0.5, 0.6) is 0 Å². The van der Waals surface area contributed by atoms with Gasteiger partial charge < -0.3 is 10.2 Å². The normalized spacial score (nSPS) is 18.5. The van der Waals surface area contributed by atoms with Gasteiger partial charge in [-0.3, -0.25) is 4.79 Å². The smallest absolute Gasteiger partial charge is 0.237 e. The van der Waals surface area contributed by atoms with E-state index in [1.54, 1.807) is 0 Å². The molecular formula is C17H26N2O. The van der Waals surface area contributed by atoms with Crippen molar-refractivity contribution in [3.05, 3.63) is 29.8 Å². The van der Waals surface area contributed by atoms with Crippen LogP contribution in [0.3, 0.4) is 0 Å². The third-order valence-corrected chi connectivity index (χ3v) is 4.30. The number of benzene rings is 1. The van der Waals surface area contributed by atoms with E-state index >= 15 is 0 Å². The molecular weight excluding hydrogens is 248 g/mol. The predicted molar refractivity (Wildman–Crippen MR) is 84.1 cm³/mol. The molecule has 0 saturated heterocycles. The van der Waals surface area contributed by atoms with Gasteiger partial charge in [-0.15, -0.1) is 0 Å². The average molecular weight is 274 g/mol. The largest absolute Gasteiger partial charge is 0.312 e. The van der Waals surface area contributed by atoms with Crippen molar-refractivity contribution in [1.29, 1.82) is 0 Å². The van der Waals surface area contributed by atoms with Crippen LogP contribution in [0.15, 0.2) is 24.3 Å². The summed E-state index contributed by atoms with van der Waals surface area (Å²) >= 11 is 0. The van der Waals surface area contributed by atoms with Crippen molar-refractivity contribution in [2.45, 2.75) is 46.1 Å². The van der Waals surface area contributed by atoms with Gasteiger partial charge in [0.2, 0.25) is 5.91 Å². The molecule has 0 fully saturated rings. The maximum atomic E-state index is 12.7. The number of amides is 1. The van der Waals surface area contributed by atoms with E-state index in [9.17, 15) is 4.79 Å². The molecule has 0 radical (unpaired) electrons. The van der Waals surface area contributed by atoms with Crippen molar-refractivity contribution in [3.63, 3.8) is 0 Å². The maximum absolute atomic E-state index is 12.7. The molecule has 0 spiro atoms. The minimum atomic E-state index is -0.412.